The number of rotatable bonds is 12. The molecule has 15 aromatic carbocycles. The molecule has 9 heterocycles. The standard InChI is InChI=1S/C107H63N11O2S2/c1-107(2)81-45-18-15-36-69(81)70-53-50-66(58-82(70)107)102-108-91-72-37-16-19-48-87(72)121-97(91)93(110-102)78-43-22-40-75-90-77(42-25-47-86(90)120-95(75)78)106-116-101(62-30-11-5-12-31-62)113-104(117-106)65-33-21-32-63(56-65)64-52-55-83-80(57-64)71-54-51-67(59-84(71)118(83)68-34-13-6-14-35-68)103-109-92-73-38-17-20-49-88(73)122-98(92)94(111-103)79-44-23-39-74-89-76(41-24-46-85(89)119-96(74)79)105-114-99(60-26-7-3-8-27-60)112-100(115-105)61-28-9-4-10-29-61/h3-59H,1-2H3. The van der Waals surface area contributed by atoms with Gasteiger partial charge >= 0.3 is 0 Å². The predicted molar refractivity (Wildman–Crippen MR) is 496 cm³/mol. The summed E-state index contributed by atoms with van der Waals surface area (Å²) in [6.07, 6.45) is 0. The van der Waals surface area contributed by atoms with Gasteiger partial charge in [-0.3, -0.25) is 0 Å². The van der Waals surface area contributed by atoms with Crippen molar-refractivity contribution in [2.24, 2.45) is 0 Å². The van der Waals surface area contributed by atoms with Gasteiger partial charge in [-0.05, 0) is 112 Å². The highest BCUT2D eigenvalue weighted by molar-refractivity contribution is 7.26. The quantitative estimate of drug-likeness (QED) is 0.114. The van der Waals surface area contributed by atoms with Crippen LogP contribution in [0.25, 0.3) is 248 Å². The molecular formula is C107H63N11O2S2. The highest BCUT2D eigenvalue weighted by atomic mass is 32.1. The predicted octanol–water partition coefficient (Wildman–Crippen LogP) is 27.9. The summed E-state index contributed by atoms with van der Waals surface area (Å²) in [5, 5.41) is 7.92. The fraction of sp³-hybridized carbons (Fsp3) is 0.0280. The van der Waals surface area contributed by atoms with Crippen LogP contribution in [0.3, 0.4) is 0 Å². The molecule has 1 aliphatic rings. The van der Waals surface area contributed by atoms with E-state index in [2.05, 4.69) is 249 Å². The topological polar surface area (TPSA) is 160 Å². The van der Waals surface area contributed by atoms with Crippen molar-refractivity contribution in [3.05, 3.63) is 357 Å². The molecule has 15 heteroatoms. The molecule has 0 saturated carbocycles. The maximum Gasteiger partial charge on any atom is 0.164 e. The Morgan fingerprint density at radius 1 is 0.254 bits per heavy atom. The van der Waals surface area contributed by atoms with Crippen molar-refractivity contribution in [1.29, 1.82) is 0 Å². The summed E-state index contributed by atoms with van der Waals surface area (Å²) in [7, 11) is 0. The van der Waals surface area contributed by atoms with Gasteiger partial charge in [0.2, 0.25) is 0 Å². The highest BCUT2D eigenvalue weighted by Crippen LogP contribution is 2.52. The monoisotopic (exact) mass is 1600 g/mol. The minimum atomic E-state index is -0.202. The Morgan fingerprint density at radius 3 is 1.23 bits per heavy atom. The molecule has 0 bridgehead atoms. The molecule has 0 aliphatic heterocycles. The summed E-state index contributed by atoms with van der Waals surface area (Å²) in [6.45, 7) is 4.62. The van der Waals surface area contributed by atoms with Crippen LogP contribution in [0.1, 0.15) is 25.0 Å². The van der Waals surface area contributed by atoms with Crippen LogP contribution >= 0.6 is 22.7 Å². The molecule has 122 heavy (non-hydrogen) atoms. The van der Waals surface area contributed by atoms with Crippen LogP contribution in [0.15, 0.2) is 355 Å². The third-order valence-corrected chi connectivity index (χ3v) is 26.5. The first-order valence-electron chi connectivity index (χ1n) is 40.7. The second kappa shape index (κ2) is 27.2. The number of hydrogen-bond acceptors (Lipinski definition) is 14. The summed E-state index contributed by atoms with van der Waals surface area (Å²) in [4.78, 5) is 53.8. The van der Waals surface area contributed by atoms with Crippen molar-refractivity contribution in [3.63, 3.8) is 0 Å². The lowest BCUT2D eigenvalue weighted by molar-refractivity contribution is 0.660. The van der Waals surface area contributed by atoms with E-state index in [1.54, 1.807) is 22.7 Å². The lowest BCUT2D eigenvalue weighted by Crippen LogP contribution is -2.15. The fourth-order valence-corrected chi connectivity index (χ4v) is 20.7. The lowest BCUT2D eigenvalue weighted by Gasteiger charge is -2.21. The van der Waals surface area contributed by atoms with E-state index in [9.17, 15) is 0 Å². The van der Waals surface area contributed by atoms with Gasteiger partial charge in [0.05, 0.1) is 42.9 Å². The highest BCUT2D eigenvalue weighted by Gasteiger charge is 2.36. The van der Waals surface area contributed by atoms with Crippen LogP contribution in [0, 0.1) is 0 Å². The van der Waals surface area contributed by atoms with Crippen molar-refractivity contribution in [2.45, 2.75) is 19.3 Å². The lowest BCUT2D eigenvalue weighted by atomic mass is 9.82. The molecular weight excluding hydrogens is 1540 g/mol. The van der Waals surface area contributed by atoms with Crippen LogP contribution in [-0.2, 0) is 5.41 Å². The van der Waals surface area contributed by atoms with E-state index in [0.717, 1.165) is 168 Å². The molecule has 0 unspecified atom stereocenters. The Kier molecular flexibility index (Phi) is 15.5. The van der Waals surface area contributed by atoms with Gasteiger partial charge in [0.15, 0.2) is 46.6 Å². The van der Waals surface area contributed by atoms with Gasteiger partial charge in [-0.25, -0.2) is 49.8 Å². The number of para-hydroxylation sites is 3. The first kappa shape index (κ1) is 69.4. The average Bonchev–Trinajstić information content (AvgIpc) is 1.55. The largest absolute Gasteiger partial charge is 0.455 e. The Balaban J connectivity index is 0.601. The number of fused-ring (bicyclic) bond motifs is 18. The second-order valence-electron chi connectivity index (χ2n) is 31.6. The third kappa shape index (κ3) is 11.0. The maximum absolute atomic E-state index is 7.15. The van der Waals surface area contributed by atoms with Crippen molar-refractivity contribution in [3.8, 4) is 142 Å². The van der Waals surface area contributed by atoms with Gasteiger partial charge in [-0.15, -0.1) is 22.7 Å². The summed E-state index contributed by atoms with van der Waals surface area (Å²) in [5.74, 6) is 4.55. The van der Waals surface area contributed by atoms with Crippen LogP contribution in [0.5, 0.6) is 0 Å². The van der Waals surface area contributed by atoms with Gasteiger partial charge in [-0.1, -0.05) is 281 Å². The first-order chi connectivity index (χ1) is 60.2. The van der Waals surface area contributed by atoms with Crippen molar-refractivity contribution < 1.29 is 8.83 Å². The van der Waals surface area contributed by atoms with E-state index in [0.29, 0.717) is 68.9 Å². The number of hydrogen-bond donors (Lipinski definition) is 0. The number of thiophene rings is 2. The number of benzene rings is 15. The molecule has 0 radical (unpaired) electrons. The molecule has 9 aromatic heterocycles. The summed E-state index contributed by atoms with van der Waals surface area (Å²) >= 11 is 3.40. The van der Waals surface area contributed by atoms with E-state index in [1.807, 2.05) is 115 Å². The number of nitrogens with zero attached hydrogens (tertiary/aromatic N) is 11. The molecule has 570 valence electrons. The van der Waals surface area contributed by atoms with Crippen LogP contribution < -0.4 is 0 Å². The normalized spacial score (nSPS) is 12.6. The molecule has 0 saturated heterocycles. The van der Waals surface area contributed by atoms with E-state index < -0.39 is 0 Å². The molecule has 0 spiro atoms. The Labute approximate surface area is 705 Å². The van der Waals surface area contributed by atoms with Crippen LogP contribution in [0.4, 0.5) is 0 Å². The summed E-state index contributed by atoms with van der Waals surface area (Å²) in [5.41, 5.74) is 24.9. The zero-order valence-corrected chi connectivity index (χ0v) is 67.1. The van der Waals surface area contributed by atoms with Gasteiger partial charge in [-0.2, -0.15) is 0 Å². The zero-order valence-electron chi connectivity index (χ0n) is 65.5. The maximum atomic E-state index is 7.15. The molecule has 13 nitrogen and oxygen atoms in total. The Bertz CT molecular complexity index is 8450. The summed E-state index contributed by atoms with van der Waals surface area (Å²) < 4.78 is 20.8. The zero-order chi connectivity index (χ0) is 80.4. The van der Waals surface area contributed by atoms with Gasteiger partial charge in [0.25, 0.3) is 0 Å². The Hall–Kier alpha value is -15.7. The number of aromatic nitrogens is 11. The SMILES string of the molecule is CC1(C)c2ccccc2-c2ccc(-c3nc(-c4cccc5c4oc4cccc(-c6nc(-c7ccccc7)nc(-c7cccc(-c8ccc9c(c8)c8ccc(-c%10nc(-c%11cccc%12c%11oc%11cccc(-c%13nc(-c%14ccccc%14)nc(-c%14ccccc%14)n%13)c%11%12)c%11sc%12ccccc%12c%11n%10)cc8n9-c8ccccc8)c7)n6)c45)c4sc5ccccc5c4n3)cc21. The van der Waals surface area contributed by atoms with Gasteiger partial charge in [0, 0.05) is 119 Å². The van der Waals surface area contributed by atoms with E-state index in [1.165, 1.54) is 22.3 Å². The molecule has 0 fully saturated rings. The first-order valence-corrected chi connectivity index (χ1v) is 42.3. The van der Waals surface area contributed by atoms with Gasteiger partial charge in [0.1, 0.15) is 22.3 Å². The third-order valence-electron chi connectivity index (χ3n) is 24.2. The average molecular weight is 1600 g/mol. The molecule has 0 N–H and O–H groups in total. The smallest absolute Gasteiger partial charge is 0.164 e. The molecule has 0 atom stereocenters. The van der Waals surface area contributed by atoms with E-state index >= 15 is 0 Å². The minimum Gasteiger partial charge on any atom is -0.455 e. The van der Waals surface area contributed by atoms with Gasteiger partial charge < -0.3 is 13.4 Å². The molecule has 24 aromatic rings. The molecule has 1 aliphatic carbocycles. The van der Waals surface area contributed by atoms with E-state index in [4.69, 9.17) is 58.7 Å². The van der Waals surface area contributed by atoms with Crippen LogP contribution in [-0.4, -0.2) is 54.4 Å². The molecule has 0 amide bonds. The Morgan fingerprint density at radius 2 is 0.656 bits per heavy atom. The van der Waals surface area contributed by atoms with Crippen molar-refractivity contribution in [1.82, 2.24) is 54.4 Å². The van der Waals surface area contributed by atoms with Crippen molar-refractivity contribution in [2.75, 3.05) is 0 Å². The molecule has 25 rings (SSSR count). The minimum absolute atomic E-state index is 0.202. The second-order valence-corrected chi connectivity index (χ2v) is 33.7. The summed E-state index contributed by atoms with van der Waals surface area (Å²) in [6, 6.07) is 120. The van der Waals surface area contributed by atoms with Crippen LogP contribution in [0.2, 0.25) is 0 Å². The number of furan rings is 2. The van der Waals surface area contributed by atoms with E-state index in [-0.39, 0.29) is 5.41 Å². The fourth-order valence-electron chi connectivity index (χ4n) is 18.4. The van der Waals surface area contributed by atoms with Crippen molar-refractivity contribution >= 4 is 129 Å².